The maximum Gasteiger partial charge on any atom is 0.232 e. The van der Waals surface area contributed by atoms with Crippen molar-refractivity contribution in [1.82, 2.24) is 0 Å². The van der Waals surface area contributed by atoms with E-state index >= 15 is 0 Å². The Morgan fingerprint density at radius 2 is 1.75 bits per heavy atom. The van der Waals surface area contributed by atoms with Crippen LogP contribution in [0.5, 0.6) is 0 Å². The molecule has 1 aliphatic heterocycles. The lowest BCUT2D eigenvalue weighted by molar-refractivity contribution is -0.117. The number of nitrogens with zero attached hydrogens (tertiary/aromatic N) is 1. The number of hydrogen-bond donors (Lipinski definition) is 1. The highest BCUT2D eigenvalue weighted by atomic mass is 16.2. The first-order valence-corrected chi connectivity index (χ1v) is 6.81. The van der Waals surface area contributed by atoms with Crippen LogP contribution in [0.25, 0.3) is 0 Å². The maximum absolute atomic E-state index is 12.1. The van der Waals surface area contributed by atoms with Gasteiger partial charge in [0.15, 0.2) is 0 Å². The molecule has 0 unspecified atom stereocenters. The van der Waals surface area contributed by atoms with Gasteiger partial charge in [0.05, 0.1) is 5.92 Å². The molecule has 3 heteroatoms. The summed E-state index contributed by atoms with van der Waals surface area (Å²) >= 11 is 0. The molecule has 0 aliphatic carbocycles. The van der Waals surface area contributed by atoms with E-state index in [2.05, 4.69) is 34.5 Å². The van der Waals surface area contributed by atoms with Crippen molar-refractivity contribution in [1.29, 1.82) is 0 Å². The highest BCUT2D eigenvalue weighted by Crippen LogP contribution is 2.34. The van der Waals surface area contributed by atoms with Crippen LogP contribution in [0.4, 0.5) is 11.4 Å². The first-order chi connectivity index (χ1) is 9.65. The van der Waals surface area contributed by atoms with Gasteiger partial charge in [-0.05, 0) is 35.7 Å². The van der Waals surface area contributed by atoms with Crippen LogP contribution in [0.2, 0.25) is 0 Å². The Labute approximate surface area is 119 Å². The van der Waals surface area contributed by atoms with E-state index in [9.17, 15) is 4.79 Å². The molecule has 3 rings (SSSR count). The van der Waals surface area contributed by atoms with E-state index in [4.69, 9.17) is 0 Å². The van der Waals surface area contributed by atoms with Gasteiger partial charge in [-0.3, -0.25) is 4.79 Å². The summed E-state index contributed by atoms with van der Waals surface area (Å²) in [4.78, 5) is 14.2. The van der Waals surface area contributed by atoms with Gasteiger partial charge in [-0.2, -0.15) is 0 Å². The van der Waals surface area contributed by atoms with E-state index in [0.29, 0.717) is 0 Å². The molecule has 0 saturated carbocycles. The van der Waals surface area contributed by atoms with Crippen LogP contribution in [-0.4, -0.2) is 20.0 Å². The zero-order valence-electron chi connectivity index (χ0n) is 11.8. The quantitative estimate of drug-likeness (QED) is 0.926. The van der Waals surface area contributed by atoms with Crippen molar-refractivity contribution < 1.29 is 4.79 Å². The first kappa shape index (κ1) is 12.7. The molecule has 2 aromatic carbocycles. The summed E-state index contributed by atoms with van der Waals surface area (Å²) in [6.07, 6.45) is 0.747. The first-order valence-electron chi connectivity index (χ1n) is 6.81. The van der Waals surface area contributed by atoms with Crippen molar-refractivity contribution in [2.75, 3.05) is 24.3 Å². The van der Waals surface area contributed by atoms with E-state index < -0.39 is 0 Å². The second-order valence-electron chi connectivity index (χ2n) is 5.39. The van der Waals surface area contributed by atoms with Gasteiger partial charge in [-0.1, -0.05) is 30.3 Å². The Kier molecular flexibility index (Phi) is 3.18. The van der Waals surface area contributed by atoms with E-state index in [0.717, 1.165) is 17.7 Å². The van der Waals surface area contributed by atoms with Crippen LogP contribution in [0.1, 0.15) is 17.0 Å². The lowest BCUT2D eigenvalue weighted by Gasteiger charge is -2.14. The summed E-state index contributed by atoms with van der Waals surface area (Å²) in [6, 6.07) is 16.3. The van der Waals surface area contributed by atoms with Gasteiger partial charge in [-0.25, -0.2) is 0 Å². The molecule has 1 amide bonds. The Morgan fingerprint density at radius 3 is 2.45 bits per heavy atom. The fourth-order valence-corrected chi connectivity index (χ4v) is 2.64. The lowest BCUT2D eigenvalue weighted by atomic mass is 9.93. The van der Waals surface area contributed by atoms with Crippen molar-refractivity contribution in [3.63, 3.8) is 0 Å². The molecule has 1 atom stereocenters. The average molecular weight is 266 g/mol. The number of carbonyl (C=O) groups is 1. The normalized spacial score (nSPS) is 16.7. The standard InChI is InChI=1S/C17H18N2O/c1-19(2)13-9-7-12(8-10-13)11-15-14-5-3-4-6-16(14)18-17(15)20/h3-10,15H,11H2,1-2H3,(H,18,20)/t15-/m0/s1. The van der Waals surface area contributed by atoms with Gasteiger partial charge in [0.25, 0.3) is 0 Å². The maximum atomic E-state index is 12.1. The predicted molar refractivity (Wildman–Crippen MR) is 82.3 cm³/mol. The summed E-state index contributed by atoms with van der Waals surface area (Å²) in [5.74, 6) is 0.0271. The monoisotopic (exact) mass is 266 g/mol. The molecule has 2 aromatic rings. The third-order valence-corrected chi connectivity index (χ3v) is 3.80. The average Bonchev–Trinajstić information content (AvgIpc) is 2.76. The number of nitrogens with one attached hydrogen (secondary N) is 1. The summed E-state index contributed by atoms with van der Waals surface area (Å²) in [6.45, 7) is 0. The summed E-state index contributed by atoms with van der Waals surface area (Å²) in [5, 5.41) is 2.95. The summed E-state index contributed by atoms with van der Waals surface area (Å²) < 4.78 is 0. The lowest BCUT2D eigenvalue weighted by Crippen LogP contribution is -2.14. The van der Waals surface area contributed by atoms with Crippen molar-refractivity contribution in [2.45, 2.75) is 12.3 Å². The number of carbonyl (C=O) groups excluding carboxylic acids is 1. The molecule has 1 aliphatic rings. The van der Waals surface area contributed by atoms with Crippen LogP contribution in [0.15, 0.2) is 48.5 Å². The van der Waals surface area contributed by atoms with Crippen LogP contribution in [0.3, 0.4) is 0 Å². The Morgan fingerprint density at radius 1 is 1.05 bits per heavy atom. The number of hydrogen-bond acceptors (Lipinski definition) is 2. The molecular formula is C17H18N2O. The molecule has 0 saturated heterocycles. The molecule has 0 aromatic heterocycles. The van der Waals surface area contributed by atoms with Crippen molar-refractivity contribution in [3.05, 3.63) is 59.7 Å². The van der Waals surface area contributed by atoms with Crippen LogP contribution < -0.4 is 10.2 Å². The molecule has 0 bridgehead atoms. The van der Waals surface area contributed by atoms with Gasteiger partial charge < -0.3 is 10.2 Å². The number of benzene rings is 2. The summed E-state index contributed by atoms with van der Waals surface area (Å²) in [7, 11) is 4.05. The van der Waals surface area contributed by atoms with E-state index in [1.807, 2.05) is 38.4 Å². The second-order valence-corrected chi connectivity index (χ2v) is 5.39. The molecule has 1 heterocycles. The zero-order chi connectivity index (χ0) is 14.1. The van der Waals surface area contributed by atoms with E-state index in [1.54, 1.807) is 0 Å². The molecule has 0 spiro atoms. The van der Waals surface area contributed by atoms with Gasteiger partial charge in [0.1, 0.15) is 0 Å². The highest BCUT2D eigenvalue weighted by Gasteiger charge is 2.29. The van der Waals surface area contributed by atoms with Crippen molar-refractivity contribution in [2.24, 2.45) is 0 Å². The minimum absolute atomic E-state index is 0.0728. The second kappa shape index (κ2) is 5.00. The number of rotatable bonds is 3. The third-order valence-electron chi connectivity index (χ3n) is 3.80. The molecule has 0 radical (unpaired) electrons. The van der Waals surface area contributed by atoms with E-state index in [1.165, 1.54) is 11.3 Å². The number of amides is 1. The SMILES string of the molecule is CN(C)c1ccc(C[C@@H]2C(=O)Nc3ccccc32)cc1. The Balaban J connectivity index is 1.83. The molecule has 1 N–H and O–H groups in total. The highest BCUT2D eigenvalue weighted by molar-refractivity contribution is 6.03. The van der Waals surface area contributed by atoms with E-state index in [-0.39, 0.29) is 11.8 Å². The van der Waals surface area contributed by atoms with Gasteiger partial charge in [-0.15, -0.1) is 0 Å². The van der Waals surface area contributed by atoms with Gasteiger partial charge >= 0.3 is 0 Å². The topological polar surface area (TPSA) is 32.3 Å². The minimum atomic E-state index is -0.0728. The number of para-hydroxylation sites is 1. The van der Waals surface area contributed by atoms with Gasteiger partial charge in [0, 0.05) is 25.5 Å². The smallest absolute Gasteiger partial charge is 0.232 e. The molecule has 0 fully saturated rings. The molecule has 3 nitrogen and oxygen atoms in total. The van der Waals surface area contributed by atoms with Crippen LogP contribution in [0, 0.1) is 0 Å². The fraction of sp³-hybridized carbons (Fsp3) is 0.235. The molecule has 20 heavy (non-hydrogen) atoms. The fourth-order valence-electron chi connectivity index (χ4n) is 2.64. The minimum Gasteiger partial charge on any atom is -0.378 e. The van der Waals surface area contributed by atoms with Crippen molar-refractivity contribution in [3.8, 4) is 0 Å². The Bertz CT molecular complexity index is 632. The molecular weight excluding hydrogens is 248 g/mol. The van der Waals surface area contributed by atoms with Crippen LogP contribution in [-0.2, 0) is 11.2 Å². The number of anilines is 2. The zero-order valence-corrected chi connectivity index (χ0v) is 11.8. The van der Waals surface area contributed by atoms with Gasteiger partial charge in [0.2, 0.25) is 5.91 Å². The summed E-state index contributed by atoms with van der Waals surface area (Å²) in [5.41, 5.74) is 4.42. The largest absolute Gasteiger partial charge is 0.378 e. The Hall–Kier alpha value is -2.29. The predicted octanol–water partition coefficient (Wildman–Crippen LogP) is 3.03. The number of fused-ring (bicyclic) bond motifs is 1. The third kappa shape index (κ3) is 2.27. The molecule has 102 valence electrons. The van der Waals surface area contributed by atoms with Crippen LogP contribution >= 0.6 is 0 Å². The van der Waals surface area contributed by atoms with Crippen molar-refractivity contribution >= 4 is 17.3 Å².